The minimum Gasteiger partial charge on any atom is -0.497 e. The van der Waals surface area contributed by atoms with E-state index in [9.17, 15) is 37.5 Å². The van der Waals surface area contributed by atoms with Gasteiger partial charge in [0, 0.05) is 54.1 Å². The number of thiazole rings is 1. The molecule has 18 nitrogen and oxygen atoms in total. The minimum absolute atomic E-state index is 0.00172. The standard InChI is InChI=1S/C43H51N7O11S2/c1-5-26-22-43(26,40(55)49-63(58,59)36-14-12-11-13-30(36)46-37(51)15-9-7-6-8-10-16-38(52)53)48-39(54)34-20-28(23-50(34)42(56)57)61-35-21-32(33-24-62-41(47-33)44-25(2)3)45-31-19-27(60-4)17-18-29(31)35/h5,11-14,17-19,21,24-26,28,34H,1,6-10,15-16,20,22-23H2,2-4H3,(H,44,47)(H,46,51)(H,48,54)(H,49,55)(H,52,53)(H,56,57)/t26-,28-,34+,43-/m1/s1. The van der Waals surface area contributed by atoms with E-state index in [1.54, 1.807) is 24.3 Å². The molecule has 4 aromatic rings. The molecule has 1 aliphatic heterocycles. The molecule has 2 aromatic carbocycles. The third-order valence-corrected chi connectivity index (χ3v) is 12.9. The smallest absolute Gasteiger partial charge is 0.408 e. The van der Waals surface area contributed by atoms with Crippen LogP contribution in [0.4, 0.5) is 15.6 Å². The van der Waals surface area contributed by atoms with Crippen molar-refractivity contribution in [2.45, 2.75) is 100 Å². The zero-order chi connectivity index (χ0) is 45.5. The van der Waals surface area contributed by atoms with E-state index in [4.69, 9.17) is 19.6 Å². The molecule has 1 saturated carbocycles. The summed E-state index contributed by atoms with van der Waals surface area (Å²) in [6.45, 7) is 7.54. The van der Waals surface area contributed by atoms with Gasteiger partial charge < -0.3 is 35.6 Å². The van der Waals surface area contributed by atoms with Gasteiger partial charge in [0.25, 0.3) is 15.9 Å². The second-order valence-corrected chi connectivity index (χ2v) is 18.3. The van der Waals surface area contributed by atoms with Crippen molar-refractivity contribution >= 4 is 72.9 Å². The van der Waals surface area contributed by atoms with E-state index >= 15 is 0 Å². The number of aliphatic carboxylic acids is 1. The molecule has 1 saturated heterocycles. The number of carboxylic acids is 1. The van der Waals surface area contributed by atoms with E-state index < -0.39 is 63.4 Å². The Morgan fingerprint density at radius 1 is 1.00 bits per heavy atom. The molecule has 2 fully saturated rings. The van der Waals surface area contributed by atoms with Gasteiger partial charge in [-0.1, -0.05) is 37.5 Å². The molecule has 0 bridgehead atoms. The van der Waals surface area contributed by atoms with E-state index in [1.807, 2.05) is 19.2 Å². The Labute approximate surface area is 368 Å². The summed E-state index contributed by atoms with van der Waals surface area (Å²) < 4.78 is 41.4. The van der Waals surface area contributed by atoms with E-state index in [2.05, 4.69) is 32.2 Å². The van der Waals surface area contributed by atoms with Crippen molar-refractivity contribution in [2.75, 3.05) is 24.3 Å². The molecule has 0 radical (unpaired) electrons. The highest BCUT2D eigenvalue weighted by atomic mass is 32.2. The van der Waals surface area contributed by atoms with Gasteiger partial charge in [0.05, 0.1) is 30.6 Å². The van der Waals surface area contributed by atoms with Gasteiger partial charge in [-0.05, 0) is 57.4 Å². The number of carboxylic acid groups (broad SMARTS) is 2. The summed E-state index contributed by atoms with van der Waals surface area (Å²) in [5, 5.41) is 30.7. The number of pyridine rings is 1. The van der Waals surface area contributed by atoms with E-state index in [-0.39, 0.29) is 48.9 Å². The first-order valence-electron chi connectivity index (χ1n) is 20.5. The number of amides is 4. The monoisotopic (exact) mass is 905 g/mol. The topological polar surface area (TPSA) is 256 Å². The third-order valence-electron chi connectivity index (χ3n) is 10.8. The molecule has 6 N–H and O–H groups in total. The number of carbonyl (C=O) groups is 5. The van der Waals surface area contributed by atoms with Crippen LogP contribution >= 0.6 is 11.3 Å². The fourth-order valence-electron chi connectivity index (χ4n) is 7.47. The number of rotatable bonds is 21. The Morgan fingerprint density at radius 2 is 1.73 bits per heavy atom. The fourth-order valence-corrected chi connectivity index (χ4v) is 9.53. The van der Waals surface area contributed by atoms with Crippen LogP contribution in [-0.2, 0) is 29.2 Å². The Morgan fingerprint density at radius 3 is 2.41 bits per heavy atom. The maximum absolute atomic E-state index is 14.0. The summed E-state index contributed by atoms with van der Waals surface area (Å²) in [4.78, 5) is 74.0. The second-order valence-electron chi connectivity index (χ2n) is 15.8. The summed E-state index contributed by atoms with van der Waals surface area (Å²) in [5.41, 5.74) is -0.199. The first-order chi connectivity index (χ1) is 30.0. The van der Waals surface area contributed by atoms with Crippen LogP contribution in [0.15, 0.2) is 71.5 Å². The molecule has 0 spiro atoms. The number of nitrogens with one attached hydrogen (secondary N) is 4. The quantitative estimate of drug-likeness (QED) is 0.0414. The summed E-state index contributed by atoms with van der Waals surface area (Å²) in [6, 6.07) is 11.4. The van der Waals surface area contributed by atoms with Gasteiger partial charge in [-0.25, -0.2) is 27.9 Å². The number of methoxy groups -OCH3 is 1. The predicted octanol–water partition coefficient (Wildman–Crippen LogP) is 6.01. The lowest BCUT2D eigenvalue weighted by molar-refractivity contribution is -0.137. The lowest BCUT2D eigenvalue weighted by atomic mass is 10.1. The van der Waals surface area contributed by atoms with Crippen molar-refractivity contribution in [2.24, 2.45) is 5.92 Å². The summed E-state index contributed by atoms with van der Waals surface area (Å²) >= 11 is 1.42. The van der Waals surface area contributed by atoms with Crippen LogP contribution in [-0.4, -0.2) is 101 Å². The Balaban J connectivity index is 1.14. The van der Waals surface area contributed by atoms with Crippen LogP contribution in [0.25, 0.3) is 22.3 Å². The highest BCUT2D eigenvalue weighted by Crippen LogP contribution is 2.45. The summed E-state index contributed by atoms with van der Waals surface area (Å²) in [5.74, 6) is -2.94. The molecule has 1 aliphatic carbocycles. The molecule has 20 heteroatoms. The first kappa shape index (κ1) is 46.2. The molecule has 2 aliphatic rings. The maximum atomic E-state index is 14.0. The zero-order valence-electron chi connectivity index (χ0n) is 35.1. The molecule has 6 rings (SSSR count). The van der Waals surface area contributed by atoms with E-state index in [0.717, 1.165) is 11.3 Å². The van der Waals surface area contributed by atoms with Gasteiger partial charge in [-0.2, -0.15) is 0 Å². The maximum Gasteiger partial charge on any atom is 0.408 e. The average Bonchev–Trinajstić information content (AvgIpc) is 3.50. The average molecular weight is 906 g/mol. The number of ether oxygens (including phenoxy) is 2. The molecule has 4 atom stereocenters. The molecular weight excluding hydrogens is 855 g/mol. The number of sulfonamides is 1. The van der Waals surface area contributed by atoms with Gasteiger partial charge in [0.15, 0.2) is 5.13 Å². The number of hydrogen-bond acceptors (Lipinski definition) is 13. The van der Waals surface area contributed by atoms with Gasteiger partial charge in [-0.15, -0.1) is 17.9 Å². The number of anilines is 2. The predicted molar refractivity (Wildman–Crippen MR) is 235 cm³/mol. The molecule has 63 heavy (non-hydrogen) atoms. The SMILES string of the molecule is C=C[C@@H]1C[C@]1(NC(=O)[C@@H]1C[C@@H](Oc2cc(-c3csc(NC(C)C)n3)nc3cc(OC)ccc23)CN1C(=O)O)C(=O)NS(=O)(=O)c1ccccc1NC(=O)CCCCCCCC(=O)O. The van der Waals surface area contributed by atoms with Crippen LogP contribution < -0.4 is 30.1 Å². The number of nitrogens with zero attached hydrogens (tertiary/aromatic N) is 3. The van der Waals surface area contributed by atoms with Crippen molar-refractivity contribution in [1.82, 2.24) is 24.9 Å². The molecule has 336 valence electrons. The van der Waals surface area contributed by atoms with Crippen molar-refractivity contribution in [3.8, 4) is 22.9 Å². The van der Waals surface area contributed by atoms with Gasteiger partial charge in [-0.3, -0.25) is 24.1 Å². The molecule has 3 heterocycles. The van der Waals surface area contributed by atoms with Crippen LogP contribution in [0.2, 0.25) is 0 Å². The van der Waals surface area contributed by atoms with E-state index in [1.165, 1.54) is 48.8 Å². The van der Waals surface area contributed by atoms with Crippen LogP contribution in [0.5, 0.6) is 11.5 Å². The third kappa shape index (κ3) is 11.2. The largest absolute Gasteiger partial charge is 0.497 e. The van der Waals surface area contributed by atoms with E-state index in [0.29, 0.717) is 64.6 Å². The minimum atomic E-state index is -4.62. The molecule has 0 unspecified atom stereocenters. The lowest BCUT2D eigenvalue weighted by Crippen LogP contribution is -2.56. The number of benzene rings is 2. The first-order valence-corrected chi connectivity index (χ1v) is 22.9. The number of aromatic nitrogens is 2. The highest BCUT2D eigenvalue weighted by molar-refractivity contribution is 7.90. The molecule has 4 amide bonds. The van der Waals surface area contributed by atoms with Crippen LogP contribution in [0.1, 0.15) is 71.6 Å². The number of para-hydroxylation sites is 1. The Hall–Kier alpha value is -6.28. The normalized spacial score (nSPS) is 19.3. The van der Waals surface area contributed by atoms with Crippen molar-refractivity contribution < 1.29 is 52.1 Å². The number of unbranched alkanes of at least 4 members (excludes halogenated alkanes) is 4. The summed E-state index contributed by atoms with van der Waals surface area (Å²) in [7, 11) is -3.08. The van der Waals surface area contributed by atoms with Gasteiger partial charge in [0.2, 0.25) is 11.8 Å². The van der Waals surface area contributed by atoms with Crippen molar-refractivity contribution in [3.63, 3.8) is 0 Å². The zero-order valence-corrected chi connectivity index (χ0v) is 36.7. The Kier molecular flexibility index (Phi) is 14.6. The number of fused-ring (bicyclic) bond motifs is 1. The van der Waals surface area contributed by atoms with Crippen LogP contribution in [0.3, 0.4) is 0 Å². The van der Waals surface area contributed by atoms with Gasteiger partial charge >= 0.3 is 12.1 Å². The Bertz CT molecular complexity index is 2500. The van der Waals surface area contributed by atoms with Crippen molar-refractivity contribution in [3.05, 3.63) is 66.6 Å². The van der Waals surface area contributed by atoms with Crippen LogP contribution in [0, 0.1) is 5.92 Å². The number of carbonyl (C=O) groups excluding carboxylic acids is 3. The van der Waals surface area contributed by atoms with Crippen molar-refractivity contribution in [1.29, 1.82) is 0 Å². The number of likely N-dealkylation sites (tertiary alicyclic amines) is 1. The molecule has 2 aromatic heterocycles. The summed E-state index contributed by atoms with van der Waals surface area (Å²) in [6.07, 6.45) is 2.47. The second kappa shape index (κ2) is 19.8. The van der Waals surface area contributed by atoms with Gasteiger partial charge in [0.1, 0.15) is 39.8 Å². The fraction of sp³-hybridized carbons (Fsp3) is 0.419. The highest BCUT2D eigenvalue weighted by Gasteiger charge is 2.61. The number of hydrogen-bond donors (Lipinski definition) is 6. The molecular formula is C43H51N7O11S2. The lowest BCUT2D eigenvalue weighted by Gasteiger charge is -2.24.